The summed E-state index contributed by atoms with van der Waals surface area (Å²) in [5.74, 6) is -1.03. The van der Waals surface area contributed by atoms with E-state index in [4.69, 9.17) is 9.84 Å². The fraction of sp³-hybridized carbons (Fsp3) is 0.385. The Morgan fingerprint density at radius 3 is 2.38 bits per heavy atom. The van der Waals surface area contributed by atoms with Gasteiger partial charge in [0.25, 0.3) is 5.69 Å². The molecule has 0 radical (unpaired) electrons. The summed E-state index contributed by atoms with van der Waals surface area (Å²) in [5.41, 5.74) is -0.550. The van der Waals surface area contributed by atoms with Gasteiger partial charge in [-0.05, 0) is 31.5 Å². The van der Waals surface area contributed by atoms with Crippen LogP contribution in [0, 0.1) is 15.5 Å². The minimum Gasteiger partial charge on any atom is -0.481 e. The van der Waals surface area contributed by atoms with E-state index in [0.717, 1.165) is 0 Å². The molecule has 0 aliphatic heterocycles. The lowest BCUT2D eigenvalue weighted by molar-refractivity contribution is -0.384. The second-order valence-corrected chi connectivity index (χ2v) is 5.04. The zero-order valence-electron chi connectivity index (χ0n) is 11.7. The largest absolute Gasteiger partial charge is 0.481 e. The van der Waals surface area contributed by atoms with Gasteiger partial charge >= 0.3 is 12.1 Å². The van der Waals surface area contributed by atoms with Gasteiger partial charge in [-0.15, -0.1) is 0 Å². The molecule has 114 valence electrons. The molecule has 0 saturated carbocycles. The number of amides is 1. The molecule has 0 unspecified atom stereocenters. The molecule has 0 spiro atoms. The molecule has 8 heteroatoms. The van der Waals surface area contributed by atoms with Gasteiger partial charge in [-0.3, -0.25) is 14.9 Å². The van der Waals surface area contributed by atoms with Gasteiger partial charge in [0.15, 0.2) is 0 Å². The van der Waals surface area contributed by atoms with Gasteiger partial charge in [0.2, 0.25) is 0 Å². The molecule has 0 fully saturated rings. The molecule has 1 aromatic rings. The number of hydrogen-bond donors (Lipinski definition) is 2. The van der Waals surface area contributed by atoms with Gasteiger partial charge in [-0.1, -0.05) is 0 Å². The number of nitro groups is 1. The number of aliphatic carboxylic acids is 1. The van der Waals surface area contributed by atoms with Crippen molar-refractivity contribution in [2.45, 2.75) is 20.5 Å². The van der Waals surface area contributed by atoms with Gasteiger partial charge < -0.3 is 15.2 Å². The van der Waals surface area contributed by atoms with Crippen molar-refractivity contribution in [3.05, 3.63) is 39.9 Å². The van der Waals surface area contributed by atoms with E-state index in [2.05, 4.69) is 5.32 Å². The Hall–Kier alpha value is -2.64. The summed E-state index contributed by atoms with van der Waals surface area (Å²) in [5, 5.41) is 21.7. The van der Waals surface area contributed by atoms with Crippen molar-refractivity contribution in [1.29, 1.82) is 0 Å². The molecular weight excluding hydrogens is 280 g/mol. The SMILES string of the molecule is CC(C)(CNC(=O)OCc1ccc([N+](=O)[O-])cc1)C(=O)O. The second-order valence-electron chi connectivity index (χ2n) is 5.04. The minimum absolute atomic E-state index is 0.0496. The Morgan fingerprint density at radius 2 is 1.90 bits per heavy atom. The van der Waals surface area contributed by atoms with Crippen LogP contribution < -0.4 is 5.32 Å². The van der Waals surface area contributed by atoms with Crippen molar-refractivity contribution < 1.29 is 24.4 Å². The van der Waals surface area contributed by atoms with E-state index in [9.17, 15) is 19.7 Å². The summed E-state index contributed by atoms with van der Waals surface area (Å²) >= 11 is 0. The molecule has 0 aromatic heterocycles. The molecule has 1 rings (SSSR count). The number of rotatable bonds is 6. The fourth-order valence-electron chi connectivity index (χ4n) is 1.28. The number of carboxylic acids is 1. The summed E-state index contributed by atoms with van der Waals surface area (Å²) in [6.45, 7) is 2.83. The minimum atomic E-state index is -1.09. The lowest BCUT2D eigenvalue weighted by atomic mass is 9.94. The van der Waals surface area contributed by atoms with E-state index in [0.29, 0.717) is 5.56 Å². The first-order valence-corrected chi connectivity index (χ1v) is 6.10. The lowest BCUT2D eigenvalue weighted by Gasteiger charge is -2.19. The Bertz CT molecular complexity index is 538. The average molecular weight is 296 g/mol. The second kappa shape index (κ2) is 6.69. The molecule has 1 amide bonds. The number of nitrogens with one attached hydrogen (secondary N) is 1. The fourth-order valence-corrected chi connectivity index (χ4v) is 1.28. The molecule has 0 heterocycles. The topological polar surface area (TPSA) is 119 Å². The zero-order chi connectivity index (χ0) is 16.0. The molecule has 2 N–H and O–H groups in total. The maximum absolute atomic E-state index is 11.4. The van der Waals surface area contributed by atoms with E-state index in [-0.39, 0.29) is 18.8 Å². The smallest absolute Gasteiger partial charge is 0.407 e. The highest BCUT2D eigenvalue weighted by Crippen LogP contribution is 2.14. The van der Waals surface area contributed by atoms with Crippen LogP contribution in [-0.4, -0.2) is 28.6 Å². The Labute approximate surface area is 120 Å². The monoisotopic (exact) mass is 296 g/mol. The van der Waals surface area contributed by atoms with E-state index in [1.807, 2.05) is 0 Å². The van der Waals surface area contributed by atoms with Crippen molar-refractivity contribution in [2.75, 3.05) is 6.54 Å². The molecule has 0 bridgehead atoms. The van der Waals surface area contributed by atoms with Crippen LogP contribution in [0.1, 0.15) is 19.4 Å². The van der Waals surface area contributed by atoms with Crippen LogP contribution in [0.15, 0.2) is 24.3 Å². The van der Waals surface area contributed by atoms with E-state index in [1.54, 1.807) is 0 Å². The molecular formula is C13H16N2O6. The molecule has 8 nitrogen and oxygen atoms in total. The van der Waals surface area contributed by atoms with Crippen LogP contribution >= 0.6 is 0 Å². The number of non-ortho nitro benzene ring substituents is 1. The number of ether oxygens (including phenoxy) is 1. The molecule has 0 aliphatic carbocycles. The number of nitrogens with zero attached hydrogens (tertiary/aromatic N) is 1. The van der Waals surface area contributed by atoms with Crippen LogP contribution in [0.3, 0.4) is 0 Å². The number of nitro benzene ring substituents is 1. The highest BCUT2D eigenvalue weighted by atomic mass is 16.6. The predicted octanol–water partition coefficient (Wildman–Crippen LogP) is 1.93. The predicted molar refractivity (Wildman–Crippen MR) is 72.7 cm³/mol. The Balaban J connectivity index is 2.43. The molecule has 0 aliphatic rings. The zero-order valence-corrected chi connectivity index (χ0v) is 11.7. The van der Waals surface area contributed by atoms with E-state index in [1.165, 1.54) is 38.1 Å². The number of carbonyl (C=O) groups is 2. The van der Waals surface area contributed by atoms with Gasteiger partial charge in [0, 0.05) is 18.7 Å². The van der Waals surface area contributed by atoms with Crippen LogP contribution in [0.2, 0.25) is 0 Å². The maximum atomic E-state index is 11.4. The molecule has 0 saturated heterocycles. The first-order valence-electron chi connectivity index (χ1n) is 6.10. The van der Waals surface area contributed by atoms with Gasteiger partial charge in [-0.25, -0.2) is 4.79 Å². The van der Waals surface area contributed by atoms with Crippen molar-refractivity contribution in [1.82, 2.24) is 5.32 Å². The van der Waals surface area contributed by atoms with Crippen molar-refractivity contribution in [2.24, 2.45) is 5.41 Å². The standard InChI is InChI=1S/C13H16N2O6/c1-13(2,11(16)17)8-14-12(18)21-7-9-3-5-10(6-4-9)15(19)20/h3-6H,7-8H2,1-2H3,(H,14,18)(H,16,17). The van der Waals surface area contributed by atoms with Crippen molar-refractivity contribution >= 4 is 17.7 Å². The summed E-state index contributed by atoms with van der Waals surface area (Å²) in [4.78, 5) is 32.2. The van der Waals surface area contributed by atoms with Crippen LogP contribution in [0.4, 0.5) is 10.5 Å². The third kappa shape index (κ3) is 5.09. The quantitative estimate of drug-likeness (QED) is 0.611. The summed E-state index contributed by atoms with van der Waals surface area (Å²) in [6, 6.07) is 5.58. The Kier molecular flexibility index (Phi) is 5.23. The van der Waals surface area contributed by atoms with Crippen LogP contribution in [0.25, 0.3) is 0 Å². The van der Waals surface area contributed by atoms with E-state index >= 15 is 0 Å². The Morgan fingerprint density at radius 1 is 1.33 bits per heavy atom. The first kappa shape index (κ1) is 16.4. The van der Waals surface area contributed by atoms with Gasteiger partial charge in [0.1, 0.15) is 6.61 Å². The highest BCUT2D eigenvalue weighted by Gasteiger charge is 2.27. The van der Waals surface area contributed by atoms with Crippen LogP contribution in [-0.2, 0) is 16.1 Å². The van der Waals surface area contributed by atoms with Crippen LogP contribution in [0.5, 0.6) is 0 Å². The molecule has 0 atom stereocenters. The normalized spacial score (nSPS) is 10.8. The summed E-state index contributed by atoms with van der Waals surface area (Å²) in [7, 11) is 0. The highest BCUT2D eigenvalue weighted by molar-refractivity contribution is 5.75. The summed E-state index contributed by atoms with van der Waals surface area (Å²) in [6.07, 6.45) is -0.748. The third-order valence-electron chi connectivity index (χ3n) is 2.77. The summed E-state index contributed by atoms with van der Waals surface area (Å²) < 4.78 is 4.89. The number of carbonyl (C=O) groups excluding carboxylic acids is 1. The van der Waals surface area contributed by atoms with E-state index < -0.39 is 22.4 Å². The lowest BCUT2D eigenvalue weighted by Crippen LogP contribution is -2.39. The average Bonchev–Trinajstić information content (AvgIpc) is 2.43. The first-order chi connectivity index (χ1) is 9.72. The van der Waals surface area contributed by atoms with Crippen molar-refractivity contribution in [3.63, 3.8) is 0 Å². The number of hydrogen-bond acceptors (Lipinski definition) is 5. The maximum Gasteiger partial charge on any atom is 0.407 e. The molecule has 1 aromatic carbocycles. The molecule has 21 heavy (non-hydrogen) atoms. The number of alkyl carbamates (subject to hydrolysis) is 1. The van der Waals surface area contributed by atoms with Gasteiger partial charge in [-0.2, -0.15) is 0 Å². The van der Waals surface area contributed by atoms with Gasteiger partial charge in [0.05, 0.1) is 10.3 Å². The van der Waals surface area contributed by atoms with Crippen molar-refractivity contribution in [3.8, 4) is 0 Å². The number of carboxylic acid groups (broad SMARTS) is 1. The number of benzene rings is 1. The third-order valence-corrected chi connectivity index (χ3v) is 2.77.